The molecule has 0 radical (unpaired) electrons. The van der Waals surface area contributed by atoms with Gasteiger partial charge in [0.25, 0.3) is 11.6 Å². The first-order valence-electron chi connectivity index (χ1n) is 6.60. The summed E-state index contributed by atoms with van der Waals surface area (Å²) < 4.78 is 0. The summed E-state index contributed by atoms with van der Waals surface area (Å²) in [5.74, 6) is -0.387. The second-order valence-electron chi connectivity index (χ2n) is 4.98. The van der Waals surface area contributed by atoms with Gasteiger partial charge in [0.1, 0.15) is 0 Å². The fourth-order valence-corrected chi connectivity index (χ4v) is 1.71. The Morgan fingerprint density at radius 3 is 2.60 bits per heavy atom. The van der Waals surface area contributed by atoms with Crippen LogP contribution in [0.5, 0.6) is 0 Å². The average molecular weight is 280 g/mol. The van der Waals surface area contributed by atoms with Crippen molar-refractivity contribution in [2.24, 2.45) is 5.92 Å². The van der Waals surface area contributed by atoms with Crippen LogP contribution in [0.15, 0.2) is 18.2 Å². The van der Waals surface area contributed by atoms with Crippen LogP contribution in [0, 0.1) is 16.0 Å². The number of nitrogens with one attached hydrogen (secondary N) is 1. The number of hydrogen-bond acceptors (Lipinski definition) is 4. The molecule has 0 aliphatic rings. The molecule has 0 fully saturated rings. The topological polar surface area (TPSA) is 92.5 Å². The van der Waals surface area contributed by atoms with Crippen molar-refractivity contribution in [1.82, 2.24) is 5.32 Å². The standard InChI is InChI=1S/C14H20N2O4/c1-4-10-5-6-11(7-12(10)16(19)20)14(18)15-8-13(17)9(2)3/h5-7,9,13,17H,4,8H2,1-3H3,(H,15,18). The SMILES string of the molecule is CCc1ccc(C(=O)NCC(O)C(C)C)cc1[N+](=O)[O-]. The fourth-order valence-electron chi connectivity index (χ4n) is 1.71. The second-order valence-corrected chi connectivity index (χ2v) is 4.98. The summed E-state index contributed by atoms with van der Waals surface area (Å²) in [6.45, 7) is 5.64. The van der Waals surface area contributed by atoms with Crippen molar-refractivity contribution in [2.75, 3.05) is 6.54 Å². The third kappa shape index (κ3) is 4.03. The van der Waals surface area contributed by atoms with Crippen LogP contribution in [0.4, 0.5) is 5.69 Å². The molecule has 0 heterocycles. The molecule has 1 unspecified atom stereocenters. The summed E-state index contributed by atoms with van der Waals surface area (Å²) in [5.41, 5.74) is 0.767. The Labute approximate surface area is 118 Å². The molecule has 1 aromatic carbocycles. The highest BCUT2D eigenvalue weighted by Crippen LogP contribution is 2.20. The van der Waals surface area contributed by atoms with Gasteiger partial charge < -0.3 is 10.4 Å². The lowest BCUT2D eigenvalue weighted by Gasteiger charge is -2.15. The van der Waals surface area contributed by atoms with Gasteiger partial charge in [-0.3, -0.25) is 14.9 Å². The minimum absolute atomic E-state index is 0.0344. The van der Waals surface area contributed by atoms with E-state index < -0.39 is 16.9 Å². The first-order chi connectivity index (χ1) is 9.36. The van der Waals surface area contributed by atoms with Crippen molar-refractivity contribution >= 4 is 11.6 Å². The molecule has 1 amide bonds. The van der Waals surface area contributed by atoms with Gasteiger partial charge in [-0.05, 0) is 18.4 Å². The third-order valence-corrected chi connectivity index (χ3v) is 3.17. The molecule has 0 spiro atoms. The number of amides is 1. The predicted molar refractivity (Wildman–Crippen MR) is 75.7 cm³/mol. The Bertz CT molecular complexity index is 500. The Balaban J connectivity index is 2.84. The number of hydrogen-bond donors (Lipinski definition) is 2. The summed E-state index contributed by atoms with van der Waals surface area (Å²) in [6, 6.07) is 4.42. The van der Waals surface area contributed by atoms with Gasteiger partial charge in [0.15, 0.2) is 0 Å². The van der Waals surface area contributed by atoms with Crippen LogP contribution in [0.3, 0.4) is 0 Å². The maximum Gasteiger partial charge on any atom is 0.273 e. The maximum absolute atomic E-state index is 11.9. The first kappa shape index (κ1) is 16.1. The minimum Gasteiger partial charge on any atom is -0.391 e. The van der Waals surface area contributed by atoms with E-state index in [1.807, 2.05) is 20.8 Å². The first-order valence-corrected chi connectivity index (χ1v) is 6.60. The van der Waals surface area contributed by atoms with Crippen molar-refractivity contribution in [3.05, 3.63) is 39.4 Å². The van der Waals surface area contributed by atoms with Gasteiger partial charge in [-0.2, -0.15) is 0 Å². The van der Waals surface area contributed by atoms with Crippen molar-refractivity contribution in [3.8, 4) is 0 Å². The van der Waals surface area contributed by atoms with E-state index in [2.05, 4.69) is 5.32 Å². The number of nitrogens with zero attached hydrogens (tertiary/aromatic N) is 1. The lowest BCUT2D eigenvalue weighted by Crippen LogP contribution is -2.34. The van der Waals surface area contributed by atoms with E-state index in [1.165, 1.54) is 6.07 Å². The lowest BCUT2D eigenvalue weighted by molar-refractivity contribution is -0.385. The number of carbonyl (C=O) groups is 1. The van der Waals surface area contributed by atoms with Crippen molar-refractivity contribution in [3.63, 3.8) is 0 Å². The summed E-state index contributed by atoms with van der Waals surface area (Å²) in [7, 11) is 0. The number of aliphatic hydroxyl groups is 1. The van der Waals surface area contributed by atoms with E-state index >= 15 is 0 Å². The van der Waals surface area contributed by atoms with Crippen LogP contribution in [-0.2, 0) is 6.42 Å². The van der Waals surface area contributed by atoms with Crippen LogP contribution in [0.2, 0.25) is 0 Å². The van der Waals surface area contributed by atoms with E-state index in [0.29, 0.717) is 12.0 Å². The van der Waals surface area contributed by atoms with E-state index in [9.17, 15) is 20.0 Å². The van der Waals surface area contributed by atoms with E-state index in [0.717, 1.165) is 0 Å². The van der Waals surface area contributed by atoms with Crippen LogP contribution < -0.4 is 5.32 Å². The van der Waals surface area contributed by atoms with Gasteiger partial charge in [-0.25, -0.2) is 0 Å². The Kier molecular flexibility index (Phi) is 5.64. The molecule has 110 valence electrons. The van der Waals surface area contributed by atoms with Gasteiger partial charge in [-0.1, -0.05) is 26.8 Å². The molecule has 0 aliphatic heterocycles. The van der Waals surface area contributed by atoms with Gasteiger partial charge in [0.05, 0.1) is 11.0 Å². The van der Waals surface area contributed by atoms with Gasteiger partial charge in [0.2, 0.25) is 0 Å². The van der Waals surface area contributed by atoms with Crippen LogP contribution in [0.1, 0.15) is 36.7 Å². The molecule has 0 aliphatic carbocycles. The van der Waals surface area contributed by atoms with Crippen LogP contribution in [-0.4, -0.2) is 28.6 Å². The molecule has 0 saturated carbocycles. The molecule has 2 N–H and O–H groups in total. The Morgan fingerprint density at radius 2 is 2.10 bits per heavy atom. The predicted octanol–water partition coefficient (Wildman–Crippen LogP) is 1.90. The highest BCUT2D eigenvalue weighted by molar-refractivity contribution is 5.95. The molecule has 0 saturated heterocycles. The Hall–Kier alpha value is -1.95. The summed E-state index contributed by atoms with van der Waals surface area (Å²) >= 11 is 0. The molecule has 6 nitrogen and oxygen atoms in total. The number of nitro benzene ring substituents is 1. The van der Waals surface area contributed by atoms with E-state index in [1.54, 1.807) is 12.1 Å². The van der Waals surface area contributed by atoms with Gasteiger partial charge in [0, 0.05) is 23.7 Å². The maximum atomic E-state index is 11.9. The zero-order chi connectivity index (χ0) is 15.3. The smallest absolute Gasteiger partial charge is 0.273 e. The Morgan fingerprint density at radius 1 is 1.45 bits per heavy atom. The molecular formula is C14H20N2O4. The minimum atomic E-state index is -0.635. The fraction of sp³-hybridized carbons (Fsp3) is 0.500. The van der Waals surface area contributed by atoms with Crippen LogP contribution >= 0.6 is 0 Å². The summed E-state index contributed by atoms with van der Waals surface area (Å²) in [6.07, 6.45) is -0.103. The molecule has 0 aromatic heterocycles. The molecule has 1 aromatic rings. The molecule has 6 heteroatoms. The normalized spacial score (nSPS) is 12.2. The second kappa shape index (κ2) is 7.00. The number of carbonyl (C=O) groups excluding carboxylic acids is 1. The zero-order valence-electron chi connectivity index (χ0n) is 11.9. The van der Waals surface area contributed by atoms with Gasteiger partial charge >= 0.3 is 0 Å². The van der Waals surface area contributed by atoms with Crippen LogP contribution in [0.25, 0.3) is 0 Å². The monoisotopic (exact) mass is 280 g/mol. The lowest BCUT2D eigenvalue weighted by atomic mass is 10.1. The summed E-state index contributed by atoms with van der Waals surface area (Å²) in [5, 5.41) is 23.1. The average Bonchev–Trinajstić information content (AvgIpc) is 2.43. The van der Waals surface area contributed by atoms with Gasteiger partial charge in [-0.15, -0.1) is 0 Å². The molecule has 0 bridgehead atoms. The molecule has 20 heavy (non-hydrogen) atoms. The third-order valence-electron chi connectivity index (χ3n) is 3.17. The van der Waals surface area contributed by atoms with E-state index in [4.69, 9.17) is 0 Å². The molecule has 1 atom stereocenters. The molecular weight excluding hydrogens is 260 g/mol. The van der Waals surface area contributed by atoms with Crippen molar-refractivity contribution in [1.29, 1.82) is 0 Å². The largest absolute Gasteiger partial charge is 0.391 e. The van der Waals surface area contributed by atoms with Crippen molar-refractivity contribution < 1.29 is 14.8 Å². The number of aliphatic hydroxyl groups excluding tert-OH is 1. The number of nitro groups is 1. The highest BCUT2D eigenvalue weighted by Gasteiger charge is 2.17. The number of rotatable bonds is 6. The number of aryl methyl sites for hydroxylation is 1. The highest BCUT2D eigenvalue weighted by atomic mass is 16.6. The van der Waals surface area contributed by atoms with Crippen molar-refractivity contribution in [2.45, 2.75) is 33.3 Å². The quantitative estimate of drug-likeness (QED) is 0.615. The number of benzene rings is 1. The summed E-state index contributed by atoms with van der Waals surface area (Å²) in [4.78, 5) is 22.4. The van der Waals surface area contributed by atoms with E-state index in [-0.39, 0.29) is 23.7 Å². The zero-order valence-corrected chi connectivity index (χ0v) is 11.9. The molecule has 1 rings (SSSR count).